The highest BCUT2D eigenvalue weighted by atomic mass is 35.5. The zero-order valence-electron chi connectivity index (χ0n) is 10.3. The summed E-state index contributed by atoms with van der Waals surface area (Å²) in [6, 6.07) is 10.8. The van der Waals surface area contributed by atoms with Crippen LogP contribution in [0, 0.1) is 0 Å². The van der Waals surface area contributed by atoms with Crippen molar-refractivity contribution in [3.63, 3.8) is 0 Å². The minimum Gasteiger partial charge on any atom is -0.309 e. The molecule has 16 heavy (non-hydrogen) atoms. The molecule has 1 aromatic rings. The maximum absolute atomic E-state index is 5.79. The highest BCUT2D eigenvalue weighted by Crippen LogP contribution is 2.25. The smallest absolute Gasteiger partial charge is 0.0223 e. The van der Waals surface area contributed by atoms with Gasteiger partial charge in [0.1, 0.15) is 0 Å². The maximum atomic E-state index is 5.79. The predicted molar refractivity (Wildman–Crippen MR) is 72.3 cm³/mol. The van der Waals surface area contributed by atoms with Gasteiger partial charge in [0, 0.05) is 5.88 Å². The van der Waals surface area contributed by atoms with E-state index in [1.165, 1.54) is 18.4 Å². The summed E-state index contributed by atoms with van der Waals surface area (Å²) in [5.41, 5.74) is 1.45. The van der Waals surface area contributed by atoms with Crippen molar-refractivity contribution < 1.29 is 0 Å². The van der Waals surface area contributed by atoms with E-state index in [4.69, 9.17) is 11.6 Å². The van der Waals surface area contributed by atoms with Crippen LogP contribution in [0.4, 0.5) is 0 Å². The van der Waals surface area contributed by atoms with Crippen molar-refractivity contribution in [1.82, 2.24) is 4.90 Å². The summed E-state index contributed by atoms with van der Waals surface area (Å²) >= 11 is 5.79. The largest absolute Gasteiger partial charge is 0.309 e. The molecule has 0 saturated carbocycles. The Labute approximate surface area is 104 Å². The molecule has 1 nitrogen and oxygen atoms in total. The topological polar surface area (TPSA) is 3.24 Å². The van der Waals surface area contributed by atoms with Crippen LogP contribution in [0.15, 0.2) is 30.3 Å². The van der Waals surface area contributed by atoms with Crippen molar-refractivity contribution in [1.29, 1.82) is 0 Å². The zero-order valence-corrected chi connectivity index (χ0v) is 11.1. The van der Waals surface area contributed by atoms with Crippen LogP contribution in [0.25, 0.3) is 0 Å². The van der Waals surface area contributed by atoms with Crippen molar-refractivity contribution in [2.75, 3.05) is 26.5 Å². The molecule has 0 fully saturated rings. The number of nitrogens with zero attached hydrogens (tertiary/aromatic N) is 1. The second-order valence-electron chi connectivity index (χ2n) is 4.53. The molecule has 0 heterocycles. The summed E-state index contributed by atoms with van der Waals surface area (Å²) in [6.07, 6.45) is 3.52. The third-order valence-electron chi connectivity index (χ3n) is 2.88. The molecule has 2 heteroatoms. The van der Waals surface area contributed by atoms with Gasteiger partial charge in [-0.25, -0.2) is 0 Å². The van der Waals surface area contributed by atoms with Crippen LogP contribution in [-0.4, -0.2) is 31.4 Å². The normalized spacial score (nSPS) is 13.0. The molecule has 0 saturated heterocycles. The maximum Gasteiger partial charge on any atom is 0.0223 e. The molecular formula is C14H22ClN. The van der Waals surface area contributed by atoms with E-state index in [0.717, 1.165) is 18.8 Å². The fraction of sp³-hybridized carbons (Fsp3) is 0.571. The van der Waals surface area contributed by atoms with E-state index >= 15 is 0 Å². The highest BCUT2D eigenvalue weighted by molar-refractivity contribution is 6.17. The summed E-state index contributed by atoms with van der Waals surface area (Å²) in [4.78, 5) is 2.25. The molecular weight excluding hydrogens is 218 g/mol. The van der Waals surface area contributed by atoms with Gasteiger partial charge in [0.25, 0.3) is 0 Å². The van der Waals surface area contributed by atoms with Crippen LogP contribution in [0.2, 0.25) is 0 Å². The van der Waals surface area contributed by atoms with E-state index in [1.807, 2.05) is 0 Å². The molecule has 1 atom stereocenters. The molecule has 0 aromatic heterocycles. The van der Waals surface area contributed by atoms with E-state index in [1.54, 1.807) is 0 Å². The quantitative estimate of drug-likeness (QED) is 0.656. The van der Waals surface area contributed by atoms with Crippen LogP contribution >= 0.6 is 11.6 Å². The molecule has 90 valence electrons. The molecule has 1 rings (SSSR count). The van der Waals surface area contributed by atoms with Crippen LogP contribution < -0.4 is 0 Å². The van der Waals surface area contributed by atoms with E-state index in [-0.39, 0.29) is 0 Å². The van der Waals surface area contributed by atoms with E-state index in [9.17, 15) is 0 Å². The lowest BCUT2D eigenvalue weighted by molar-refractivity contribution is 0.374. The van der Waals surface area contributed by atoms with Gasteiger partial charge >= 0.3 is 0 Å². The Morgan fingerprint density at radius 2 is 1.81 bits per heavy atom. The third kappa shape index (κ3) is 5.00. The van der Waals surface area contributed by atoms with Crippen molar-refractivity contribution in [3.8, 4) is 0 Å². The fourth-order valence-corrected chi connectivity index (χ4v) is 2.09. The Bertz CT molecular complexity index is 271. The Morgan fingerprint density at radius 1 is 1.12 bits per heavy atom. The van der Waals surface area contributed by atoms with Crippen molar-refractivity contribution in [2.24, 2.45) is 0 Å². The fourth-order valence-electron chi connectivity index (χ4n) is 1.94. The Morgan fingerprint density at radius 3 is 2.38 bits per heavy atom. The van der Waals surface area contributed by atoms with Crippen LogP contribution in [0.5, 0.6) is 0 Å². The van der Waals surface area contributed by atoms with Gasteiger partial charge in [-0.3, -0.25) is 0 Å². The molecule has 0 aliphatic carbocycles. The second kappa shape index (κ2) is 7.70. The van der Waals surface area contributed by atoms with Crippen molar-refractivity contribution >= 4 is 11.6 Å². The van der Waals surface area contributed by atoms with Gasteiger partial charge in [0.2, 0.25) is 0 Å². The molecule has 0 aliphatic rings. The summed E-state index contributed by atoms with van der Waals surface area (Å²) in [6.45, 7) is 1.14. The van der Waals surface area contributed by atoms with Crippen molar-refractivity contribution in [2.45, 2.75) is 25.2 Å². The molecule has 1 unspecified atom stereocenters. The SMILES string of the molecule is CN(C)CCC(CCCCl)c1ccccc1. The summed E-state index contributed by atoms with van der Waals surface area (Å²) in [5.74, 6) is 1.42. The van der Waals surface area contributed by atoms with Gasteiger partial charge in [-0.2, -0.15) is 0 Å². The average Bonchev–Trinajstić information content (AvgIpc) is 2.30. The number of halogens is 1. The predicted octanol–water partition coefficient (Wildman–Crippen LogP) is 3.74. The number of hydrogen-bond acceptors (Lipinski definition) is 1. The summed E-state index contributed by atoms with van der Waals surface area (Å²) < 4.78 is 0. The van der Waals surface area contributed by atoms with E-state index in [2.05, 4.69) is 49.3 Å². The van der Waals surface area contributed by atoms with Crippen LogP contribution in [-0.2, 0) is 0 Å². The lowest BCUT2D eigenvalue weighted by Gasteiger charge is -2.19. The van der Waals surface area contributed by atoms with Gasteiger partial charge in [-0.05, 0) is 51.4 Å². The number of benzene rings is 1. The molecule has 0 radical (unpaired) electrons. The minimum atomic E-state index is 0.655. The van der Waals surface area contributed by atoms with Crippen molar-refractivity contribution in [3.05, 3.63) is 35.9 Å². The lowest BCUT2D eigenvalue weighted by atomic mass is 9.91. The Hall–Kier alpha value is -0.530. The first-order valence-corrected chi connectivity index (χ1v) is 6.53. The number of hydrogen-bond donors (Lipinski definition) is 0. The third-order valence-corrected chi connectivity index (χ3v) is 3.15. The standard InChI is InChI=1S/C14H22ClN/c1-16(2)12-10-14(9-6-11-15)13-7-4-3-5-8-13/h3-5,7-8,14H,6,9-12H2,1-2H3. The van der Waals surface area contributed by atoms with E-state index in [0.29, 0.717) is 5.92 Å². The van der Waals surface area contributed by atoms with Gasteiger partial charge < -0.3 is 4.90 Å². The molecule has 0 aliphatic heterocycles. The molecule has 1 aromatic carbocycles. The van der Waals surface area contributed by atoms with Gasteiger partial charge in [0.05, 0.1) is 0 Å². The van der Waals surface area contributed by atoms with Gasteiger partial charge in [-0.15, -0.1) is 11.6 Å². The number of rotatable bonds is 7. The van der Waals surface area contributed by atoms with Crippen LogP contribution in [0.3, 0.4) is 0 Å². The highest BCUT2D eigenvalue weighted by Gasteiger charge is 2.10. The Balaban J connectivity index is 2.56. The molecule has 0 spiro atoms. The molecule has 0 N–H and O–H groups in total. The second-order valence-corrected chi connectivity index (χ2v) is 4.91. The minimum absolute atomic E-state index is 0.655. The first-order chi connectivity index (χ1) is 7.74. The average molecular weight is 240 g/mol. The molecule has 0 bridgehead atoms. The zero-order chi connectivity index (χ0) is 11.8. The lowest BCUT2D eigenvalue weighted by Crippen LogP contribution is -2.16. The molecule has 0 amide bonds. The first-order valence-electron chi connectivity index (χ1n) is 5.99. The Kier molecular flexibility index (Phi) is 6.51. The monoisotopic (exact) mass is 239 g/mol. The number of alkyl halides is 1. The van der Waals surface area contributed by atoms with Gasteiger partial charge in [0.15, 0.2) is 0 Å². The van der Waals surface area contributed by atoms with Crippen LogP contribution in [0.1, 0.15) is 30.7 Å². The van der Waals surface area contributed by atoms with E-state index < -0.39 is 0 Å². The summed E-state index contributed by atoms with van der Waals surface area (Å²) in [5, 5.41) is 0. The van der Waals surface area contributed by atoms with Gasteiger partial charge in [-0.1, -0.05) is 30.3 Å². The first kappa shape index (κ1) is 13.5. The summed E-state index contributed by atoms with van der Waals surface area (Å²) in [7, 11) is 4.26.